The van der Waals surface area contributed by atoms with Crippen molar-refractivity contribution >= 4 is 0 Å². The lowest BCUT2D eigenvalue weighted by molar-refractivity contribution is -0.274. The van der Waals surface area contributed by atoms with Gasteiger partial charge in [-0.2, -0.15) is 0 Å². The first kappa shape index (κ1) is 10.3. The van der Waals surface area contributed by atoms with Crippen molar-refractivity contribution in [1.82, 2.24) is 0 Å². The SMILES string of the molecule is N[C@H]1CCc2cc(OC(F)(F)F)ccc21. The Balaban J connectivity index is 2.24. The highest BCUT2D eigenvalue weighted by Gasteiger charge is 2.31. The van der Waals surface area contributed by atoms with Gasteiger partial charge in [-0.1, -0.05) is 6.07 Å². The fourth-order valence-electron chi connectivity index (χ4n) is 1.82. The molecule has 0 aliphatic heterocycles. The summed E-state index contributed by atoms with van der Waals surface area (Å²) >= 11 is 0. The summed E-state index contributed by atoms with van der Waals surface area (Å²) < 4.78 is 39.6. The summed E-state index contributed by atoms with van der Waals surface area (Å²) in [6.45, 7) is 0. The molecule has 2 N–H and O–H groups in total. The zero-order valence-corrected chi connectivity index (χ0v) is 7.84. The summed E-state index contributed by atoms with van der Waals surface area (Å²) in [6.07, 6.45) is -3.13. The topological polar surface area (TPSA) is 35.2 Å². The molecule has 2 rings (SSSR count). The van der Waals surface area contributed by atoms with Gasteiger partial charge in [-0.15, -0.1) is 13.2 Å². The lowest BCUT2D eigenvalue weighted by Crippen LogP contribution is -2.17. The molecular formula is C10H10F3NO. The monoisotopic (exact) mass is 217 g/mol. The normalized spacial score (nSPS) is 20.1. The summed E-state index contributed by atoms with van der Waals surface area (Å²) in [6, 6.07) is 4.27. The smallest absolute Gasteiger partial charge is 0.406 e. The summed E-state index contributed by atoms with van der Waals surface area (Å²) in [5.41, 5.74) is 7.53. The van der Waals surface area contributed by atoms with Crippen LogP contribution in [0, 0.1) is 0 Å². The predicted molar refractivity (Wildman–Crippen MR) is 48.4 cm³/mol. The highest BCUT2D eigenvalue weighted by molar-refractivity contribution is 5.40. The summed E-state index contributed by atoms with van der Waals surface area (Å²) in [4.78, 5) is 0. The van der Waals surface area contributed by atoms with Crippen LogP contribution in [0.4, 0.5) is 13.2 Å². The van der Waals surface area contributed by atoms with E-state index in [0.29, 0.717) is 6.42 Å². The minimum atomic E-state index is -4.63. The van der Waals surface area contributed by atoms with Crippen LogP contribution in [0.2, 0.25) is 0 Å². The molecule has 1 aromatic carbocycles. The minimum Gasteiger partial charge on any atom is -0.406 e. The van der Waals surface area contributed by atoms with Crippen LogP contribution in [0.1, 0.15) is 23.6 Å². The van der Waals surface area contributed by atoms with Gasteiger partial charge in [-0.25, -0.2) is 0 Å². The second kappa shape index (κ2) is 3.41. The van der Waals surface area contributed by atoms with Crippen molar-refractivity contribution in [2.75, 3.05) is 0 Å². The number of rotatable bonds is 1. The lowest BCUT2D eigenvalue weighted by atomic mass is 10.1. The Hall–Kier alpha value is -1.23. The van der Waals surface area contributed by atoms with E-state index in [9.17, 15) is 13.2 Å². The van der Waals surface area contributed by atoms with Gasteiger partial charge in [0.15, 0.2) is 0 Å². The lowest BCUT2D eigenvalue weighted by Gasteiger charge is -2.10. The molecule has 0 heterocycles. The quantitative estimate of drug-likeness (QED) is 0.784. The standard InChI is InChI=1S/C10H10F3NO/c11-10(12,13)15-7-2-3-8-6(5-7)1-4-9(8)14/h2-3,5,9H,1,4,14H2/t9-/m0/s1. The van der Waals surface area contributed by atoms with E-state index in [2.05, 4.69) is 4.74 Å². The maximum atomic E-state index is 11.9. The molecule has 5 heteroatoms. The molecule has 1 aromatic rings. The number of aryl methyl sites for hydroxylation is 1. The maximum Gasteiger partial charge on any atom is 0.573 e. The van der Waals surface area contributed by atoms with Gasteiger partial charge in [0.2, 0.25) is 0 Å². The number of benzene rings is 1. The zero-order chi connectivity index (χ0) is 11.1. The fourth-order valence-corrected chi connectivity index (χ4v) is 1.82. The second-order valence-electron chi connectivity index (χ2n) is 3.55. The van der Waals surface area contributed by atoms with E-state index in [-0.39, 0.29) is 11.8 Å². The number of hydrogen-bond donors (Lipinski definition) is 1. The van der Waals surface area contributed by atoms with E-state index in [1.807, 2.05) is 0 Å². The Kier molecular flexibility index (Phi) is 2.34. The largest absolute Gasteiger partial charge is 0.573 e. The number of ether oxygens (including phenoxy) is 1. The second-order valence-corrected chi connectivity index (χ2v) is 3.55. The molecular weight excluding hydrogens is 207 g/mol. The molecule has 2 nitrogen and oxygen atoms in total. The molecule has 0 unspecified atom stereocenters. The van der Waals surface area contributed by atoms with Crippen molar-refractivity contribution in [3.63, 3.8) is 0 Å². The van der Waals surface area contributed by atoms with E-state index in [1.165, 1.54) is 12.1 Å². The summed E-state index contributed by atoms with van der Waals surface area (Å²) in [7, 11) is 0. The molecule has 15 heavy (non-hydrogen) atoms. The first-order valence-electron chi connectivity index (χ1n) is 4.60. The van der Waals surface area contributed by atoms with Gasteiger partial charge in [0, 0.05) is 6.04 Å². The van der Waals surface area contributed by atoms with Crippen molar-refractivity contribution in [3.05, 3.63) is 29.3 Å². The Morgan fingerprint density at radius 1 is 1.33 bits per heavy atom. The molecule has 0 saturated heterocycles. The van der Waals surface area contributed by atoms with Gasteiger partial charge < -0.3 is 10.5 Å². The molecule has 0 spiro atoms. The fraction of sp³-hybridized carbons (Fsp3) is 0.400. The number of hydrogen-bond acceptors (Lipinski definition) is 2. The predicted octanol–water partition coefficient (Wildman–Crippen LogP) is 2.53. The number of fused-ring (bicyclic) bond motifs is 1. The molecule has 82 valence electrons. The van der Waals surface area contributed by atoms with E-state index in [4.69, 9.17) is 5.73 Å². The van der Waals surface area contributed by atoms with Crippen LogP contribution in [0.25, 0.3) is 0 Å². The Labute approximate surface area is 84.8 Å². The molecule has 1 atom stereocenters. The average Bonchev–Trinajstić information content (AvgIpc) is 2.45. The highest BCUT2D eigenvalue weighted by Crippen LogP contribution is 2.33. The van der Waals surface area contributed by atoms with Crippen LogP contribution < -0.4 is 10.5 Å². The summed E-state index contributed by atoms with van der Waals surface area (Å²) in [5.74, 6) is -0.171. The molecule has 0 bridgehead atoms. The third-order valence-electron chi connectivity index (χ3n) is 2.47. The van der Waals surface area contributed by atoms with E-state index < -0.39 is 6.36 Å². The maximum absolute atomic E-state index is 11.9. The van der Waals surface area contributed by atoms with Crippen LogP contribution in [-0.2, 0) is 6.42 Å². The van der Waals surface area contributed by atoms with Crippen molar-refractivity contribution < 1.29 is 17.9 Å². The highest BCUT2D eigenvalue weighted by atomic mass is 19.4. The van der Waals surface area contributed by atoms with Crippen LogP contribution in [0.3, 0.4) is 0 Å². The van der Waals surface area contributed by atoms with Gasteiger partial charge >= 0.3 is 6.36 Å². The van der Waals surface area contributed by atoms with E-state index in [1.54, 1.807) is 6.07 Å². The first-order valence-corrected chi connectivity index (χ1v) is 4.60. The molecule has 0 radical (unpaired) electrons. The third kappa shape index (κ3) is 2.23. The van der Waals surface area contributed by atoms with Crippen molar-refractivity contribution in [2.45, 2.75) is 25.2 Å². The molecule has 1 aliphatic rings. The molecule has 0 amide bonds. The third-order valence-corrected chi connectivity index (χ3v) is 2.47. The Bertz CT molecular complexity index is 375. The number of halogens is 3. The van der Waals surface area contributed by atoms with Gasteiger partial charge in [0.1, 0.15) is 5.75 Å². The molecule has 1 aliphatic carbocycles. The van der Waals surface area contributed by atoms with Crippen molar-refractivity contribution in [1.29, 1.82) is 0 Å². The van der Waals surface area contributed by atoms with E-state index >= 15 is 0 Å². The van der Waals surface area contributed by atoms with E-state index in [0.717, 1.165) is 17.5 Å². The van der Waals surface area contributed by atoms with Gasteiger partial charge in [0.25, 0.3) is 0 Å². The van der Waals surface area contributed by atoms with Gasteiger partial charge in [-0.05, 0) is 36.1 Å². The minimum absolute atomic E-state index is 0.0556. The first-order chi connectivity index (χ1) is 6.96. The average molecular weight is 217 g/mol. The zero-order valence-electron chi connectivity index (χ0n) is 7.84. The van der Waals surface area contributed by atoms with Crippen molar-refractivity contribution in [2.24, 2.45) is 5.73 Å². The molecule has 0 saturated carbocycles. The van der Waals surface area contributed by atoms with Gasteiger partial charge in [0.05, 0.1) is 0 Å². The summed E-state index contributed by atoms with van der Waals surface area (Å²) in [5, 5.41) is 0. The van der Waals surface area contributed by atoms with Crippen LogP contribution in [0.5, 0.6) is 5.75 Å². The van der Waals surface area contributed by atoms with Gasteiger partial charge in [-0.3, -0.25) is 0 Å². The molecule has 0 fully saturated rings. The van der Waals surface area contributed by atoms with Crippen LogP contribution >= 0.6 is 0 Å². The molecule has 0 aromatic heterocycles. The Morgan fingerprint density at radius 3 is 2.73 bits per heavy atom. The van der Waals surface area contributed by atoms with Crippen molar-refractivity contribution in [3.8, 4) is 5.75 Å². The Morgan fingerprint density at radius 2 is 2.07 bits per heavy atom. The number of alkyl halides is 3. The van der Waals surface area contributed by atoms with Crippen LogP contribution in [0.15, 0.2) is 18.2 Å². The number of nitrogens with two attached hydrogens (primary N) is 1. The van der Waals surface area contributed by atoms with Crippen LogP contribution in [-0.4, -0.2) is 6.36 Å².